The lowest BCUT2D eigenvalue weighted by Gasteiger charge is -2.28. The molecular weight excluding hydrogens is 290 g/mol. The SMILES string of the molecule is CCOC(=O)c1[nH]cc2c1C[C@H](C(=O)OC)[C@@H](C(=O)OC)C2. The van der Waals surface area contributed by atoms with E-state index in [1.54, 1.807) is 13.1 Å². The quantitative estimate of drug-likeness (QED) is 0.655. The molecule has 2 rings (SSSR count). The number of hydrogen-bond acceptors (Lipinski definition) is 6. The number of rotatable bonds is 4. The van der Waals surface area contributed by atoms with Crippen molar-refractivity contribution in [3.8, 4) is 0 Å². The van der Waals surface area contributed by atoms with E-state index in [0.29, 0.717) is 17.7 Å². The first-order valence-corrected chi connectivity index (χ1v) is 7.05. The second-order valence-corrected chi connectivity index (χ2v) is 5.06. The Morgan fingerprint density at radius 1 is 1.14 bits per heavy atom. The Bertz CT molecular complexity index is 591. The van der Waals surface area contributed by atoms with E-state index in [4.69, 9.17) is 14.2 Å². The molecule has 0 saturated carbocycles. The number of aromatic nitrogens is 1. The zero-order valence-corrected chi connectivity index (χ0v) is 12.8. The van der Waals surface area contributed by atoms with Crippen LogP contribution in [-0.2, 0) is 36.6 Å². The molecule has 1 aromatic rings. The summed E-state index contributed by atoms with van der Waals surface area (Å²) in [7, 11) is 2.56. The van der Waals surface area contributed by atoms with Crippen molar-refractivity contribution in [1.82, 2.24) is 4.98 Å². The summed E-state index contributed by atoms with van der Waals surface area (Å²) in [5.41, 5.74) is 1.85. The molecule has 0 radical (unpaired) electrons. The third-order valence-electron chi connectivity index (χ3n) is 3.92. The number of carbonyl (C=O) groups is 3. The Morgan fingerprint density at radius 3 is 2.27 bits per heavy atom. The number of H-pyrrole nitrogens is 1. The Balaban J connectivity index is 2.36. The van der Waals surface area contributed by atoms with Crippen LogP contribution in [0, 0.1) is 11.8 Å². The molecule has 0 fully saturated rings. The largest absolute Gasteiger partial charge is 0.469 e. The summed E-state index contributed by atoms with van der Waals surface area (Å²) < 4.78 is 14.5. The molecule has 1 N–H and O–H groups in total. The second-order valence-electron chi connectivity index (χ2n) is 5.06. The minimum absolute atomic E-state index is 0.236. The van der Waals surface area contributed by atoms with Crippen LogP contribution < -0.4 is 0 Å². The third kappa shape index (κ3) is 2.84. The fraction of sp³-hybridized carbons (Fsp3) is 0.533. The van der Waals surface area contributed by atoms with Gasteiger partial charge >= 0.3 is 17.9 Å². The van der Waals surface area contributed by atoms with E-state index < -0.39 is 29.7 Å². The molecule has 0 amide bonds. The smallest absolute Gasteiger partial charge is 0.355 e. The van der Waals surface area contributed by atoms with E-state index >= 15 is 0 Å². The van der Waals surface area contributed by atoms with Crippen LogP contribution >= 0.6 is 0 Å². The monoisotopic (exact) mass is 309 g/mol. The molecule has 1 aromatic heterocycles. The number of nitrogens with one attached hydrogen (secondary N) is 1. The molecule has 7 nitrogen and oxygen atoms in total. The average Bonchev–Trinajstić information content (AvgIpc) is 2.95. The molecule has 0 aliphatic heterocycles. The van der Waals surface area contributed by atoms with Crippen LogP contribution in [-0.4, -0.2) is 43.7 Å². The molecule has 0 bridgehead atoms. The van der Waals surface area contributed by atoms with Gasteiger partial charge in [-0.2, -0.15) is 0 Å². The number of carbonyl (C=O) groups excluding carboxylic acids is 3. The number of esters is 3. The number of aromatic amines is 1. The Labute approximate surface area is 127 Å². The first-order chi connectivity index (χ1) is 10.5. The lowest BCUT2D eigenvalue weighted by Crippen LogP contribution is -2.38. The lowest BCUT2D eigenvalue weighted by molar-refractivity contribution is -0.158. The summed E-state index contributed by atoms with van der Waals surface area (Å²) in [6.45, 7) is 1.98. The summed E-state index contributed by atoms with van der Waals surface area (Å²) >= 11 is 0. The van der Waals surface area contributed by atoms with E-state index in [1.165, 1.54) is 14.2 Å². The van der Waals surface area contributed by atoms with Crippen molar-refractivity contribution in [1.29, 1.82) is 0 Å². The van der Waals surface area contributed by atoms with Crippen molar-refractivity contribution in [3.05, 3.63) is 23.0 Å². The van der Waals surface area contributed by atoms with Gasteiger partial charge in [-0.3, -0.25) is 9.59 Å². The summed E-state index contributed by atoms with van der Waals surface area (Å²) in [6.07, 6.45) is 2.22. The molecule has 22 heavy (non-hydrogen) atoms. The van der Waals surface area contributed by atoms with Crippen LogP contribution in [0.15, 0.2) is 6.20 Å². The Morgan fingerprint density at radius 2 is 1.73 bits per heavy atom. The molecule has 0 unspecified atom stereocenters. The van der Waals surface area contributed by atoms with Crippen LogP contribution in [0.4, 0.5) is 0 Å². The van der Waals surface area contributed by atoms with Crippen LogP contribution in [0.3, 0.4) is 0 Å². The number of fused-ring (bicyclic) bond motifs is 1. The van der Waals surface area contributed by atoms with Crippen LogP contribution in [0.1, 0.15) is 28.5 Å². The lowest BCUT2D eigenvalue weighted by atomic mass is 9.76. The highest BCUT2D eigenvalue weighted by atomic mass is 16.5. The predicted octanol–water partition coefficient (Wildman–Crippen LogP) is 0.868. The highest BCUT2D eigenvalue weighted by Crippen LogP contribution is 2.34. The maximum absolute atomic E-state index is 12.0. The van der Waals surface area contributed by atoms with Gasteiger partial charge in [0.15, 0.2) is 0 Å². The minimum atomic E-state index is -0.672. The summed E-state index contributed by atoms with van der Waals surface area (Å²) in [5.74, 6) is -2.70. The fourth-order valence-corrected chi connectivity index (χ4v) is 2.83. The van der Waals surface area contributed by atoms with Gasteiger partial charge in [-0.1, -0.05) is 0 Å². The molecule has 0 saturated heterocycles. The van der Waals surface area contributed by atoms with Gasteiger partial charge in [0.1, 0.15) is 5.69 Å². The predicted molar refractivity (Wildman–Crippen MR) is 75.2 cm³/mol. The van der Waals surface area contributed by atoms with Crippen LogP contribution in [0.5, 0.6) is 0 Å². The third-order valence-corrected chi connectivity index (χ3v) is 3.92. The van der Waals surface area contributed by atoms with Gasteiger partial charge in [0.2, 0.25) is 0 Å². The minimum Gasteiger partial charge on any atom is -0.469 e. The van der Waals surface area contributed by atoms with Gasteiger partial charge in [0.25, 0.3) is 0 Å². The van der Waals surface area contributed by atoms with E-state index in [1.807, 2.05) is 0 Å². The van der Waals surface area contributed by atoms with E-state index in [2.05, 4.69) is 4.98 Å². The van der Waals surface area contributed by atoms with Crippen molar-refractivity contribution in [3.63, 3.8) is 0 Å². The maximum Gasteiger partial charge on any atom is 0.355 e. The molecule has 0 aromatic carbocycles. The van der Waals surface area contributed by atoms with Gasteiger partial charge in [0, 0.05) is 6.20 Å². The molecule has 1 heterocycles. The molecule has 0 spiro atoms. The Kier molecular flexibility index (Phi) is 4.85. The zero-order valence-electron chi connectivity index (χ0n) is 12.8. The number of methoxy groups -OCH3 is 2. The topological polar surface area (TPSA) is 94.7 Å². The van der Waals surface area contributed by atoms with Crippen molar-refractivity contribution >= 4 is 17.9 Å². The average molecular weight is 309 g/mol. The van der Waals surface area contributed by atoms with Crippen molar-refractivity contribution < 1.29 is 28.6 Å². The number of hydrogen-bond donors (Lipinski definition) is 1. The molecule has 7 heteroatoms. The van der Waals surface area contributed by atoms with Crippen LogP contribution in [0.2, 0.25) is 0 Å². The van der Waals surface area contributed by atoms with Crippen molar-refractivity contribution in [2.24, 2.45) is 11.8 Å². The van der Waals surface area contributed by atoms with Gasteiger partial charge in [0.05, 0.1) is 32.7 Å². The van der Waals surface area contributed by atoms with Crippen LogP contribution in [0.25, 0.3) is 0 Å². The Hall–Kier alpha value is -2.31. The van der Waals surface area contributed by atoms with Gasteiger partial charge in [-0.25, -0.2) is 4.79 Å². The molecular formula is C15H19NO6. The molecule has 2 atom stereocenters. The first-order valence-electron chi connectivity index (χ1n) is 7.05. The maximum atomic E-state index is 12.0. The highest BCUT2D eigenvalue weighted by molar-refractivity contribution is 5.91. The molecule has 1 aliphatic carbocycles. The van der Waals surface area contributed by atoms with E-state index in [-0.39, 0.29) is 13.0 Å². The van der Waals surface area contributed by atoms with Gasteiger partial charge < -0.3 is 19.2 Å². The summed E-state index contributed by atoms with van der Waals surface area (Å²) in [4.78, 5) is 38.7. The summed E-state index contributed by atoms with van der Waals surface area (Å²) in [6, 6.07) is 0. The van der Waals surface area contributed by atoms with Crippen molar-refractivity contribution in [2.75, 3.05) is 20.8 Å². The normalized spacial score (nSPS) is 20.0. The van der Waals surface area contributed by atoms with Gasteiger partial charge in [-0.05, 0) is 30.9 Å². The van der Waals surface area contributed by atoms with Gasteiger partial charge in [-0.15, -0.1) is 0 Å². The molecule has 120 valence electrons. The van der Waals surface area contributed by atoms with E-state index in [0.717, 1.165) is 5.56 Å². The van der Waals surface area contributed by atoms with Crippen molar-refractivity contribution in [2.45, 2.75) is 19.8 Å². The first kappa shape index (κ1) is 16.1. The summed E-state index contributed by atoms with van der Waals surface area (Å²) in [5, 5.41) is 0. The standard InChI is InChI=1S/C15H19NO6/c1-4-22-15(19)12-9-6-11(14(18)21-3)10(13(17)20-2)5-8(9)7-16-12/h7,10-11,16H,4-6H2,1-3H3/t10-,11-/m0/s1. The zero-order chi connectivity index (χ0) is 16.3. The highest BCUT2D eigenvalue weighted by Gasteiger charge is 2.41. The molecule has 1 aliphatic rings. The van der Waals surface area contributed by atoms with E-state index in [9.17, 15) is 14.4 Å². The number of ether oxygens (including phenoxy) is 3. The fourth-order valence-electron chi connectivity index (χ4n) is 2.83. The second kappa shape index (κ2) is 6.64.